The average molecular weight is 668 g/mol. The van der Waals surface area contributed by atoms with Gasteiger partial charge in [-0.2, -0.15) is 5.26 Å². The van der Waals surface area contributed by atoms with E-state index in [1.807, 2.05) is 42.5 Å². The van der Waals surface area contributed by atoms with E-state index in [9.17, 15) is 14.4 Å². The van der Waals surface area contributed by atoms with Crippen LogP contribution in [0.1, 0.15) is 16.7 Å². The number of ether oxygens (including phenoxy) is 2. The lowest BCUT2D eigenvalue weighted by Gasteiger charge is -2.12. The van der Waals surface area contributed by atoms with Gasteiger partial charge in [-0.05, 0) is 104 Å². The standard InChI is InChI=1S/C25H19FI2N2O3/c1-32-21-8-4-16(5-9-21)14-30-25(31)19(13-29)10-18-11-22(27)24(23(28)12-18)33-15-17-2-6-20(26)7-3-17/h2-12H,14-15H2,1H3,(H,30,31)/b19-10-. The number of nitriles is 1. The number of nitrogens with zero attached hydrogens (tertiary/aromatic N) is 1. The molecule has 33 heavy (non-hydrogen) atoms. The van der Waals surface area contributed by atoms with E-state index in [1.54, 1.807) is 25.3 Å². The molecule has 1 N–H and O–H groups in total. The summed E-state index contributed by atoms with van der Waals surface area (Å²) in [6.07, 6.45) is 1.55. The zero-order valence-corrected chi connectivity index (χ0v) is 21.9. The fourth-order valence-corrected chi connectivity index (χ4v) is 5.00. The van der Waals surface area contributed by atoms with Crippen LogP contribution in [0.3, 0.4) is 0 Å². The number of benzene rings is 3. The molecule has 0 heterocycles. The lowest BCUT2D eigenvalue weighted by atomic mass is 10.1. The molecule has 1 amide bonds. The second kappa shape index (κ2) is 12.0. The first-order chi connectivity index (χ1) is 15.9. The van der Waals surface area contributed by atoms with Crippen molar-refractivity contribution in [3.63, 3.8) is 0 Å². The Bertz CT molecular complexity index is 1180. The highest BCUT2D eigenvalue weighted by molar-refractivity contribution is 14.1. The summed E-state index contributed by atoms with van der Waals surface area (Å²) in [5.74, 6) is 0.687. The number of amides is 1. The van der Waals surface area contributed by atoms with Crippen molar-refractivity contribution in [1.82, 2.24) is 5.32 Å². The van der Waals surface area contributed by atoms with Gasteiger partial charge in [0.15, 0.2) is 0 Å². The smallest absolute Gasteiger partial charge is 0.262 e. The van der Waals surface area contributed by atoms with Gasteiger partial charge in [-0.25, -0.2) is 4.39 Å². The van der Waals surface area contributed by atoms with Gasteiger partial charge in [-0.15, -0.1) is 0 Å². The average Bonchev–Trinajstić information content (AvgIpc) is 2.82. The molecule has 0 spiro atoms. The molecule has 0 bridgehead atoms. The summed E-state index contributed by atoms with van der Waals surface area (Å²) in [5, 5.41) is 12.3. The first kappa shape index (κ1) is 25.0. The molecule has 0 aliphatic heterocycles. The lowest BCUT2D eigenvalue weighted by molar-refractivity contribution is -0.117. The maximum absolute atomic E-state index is 13.1. The van der Waals surface area contributed by atoms with Gasteiger partial charge in [0.2, 0.25) is 0 Å². The number of hydrogen-bond donors (Lipinski definition) is 1. The Morgan fingerprint density at radius 2 is 1.67 bits per heavy atom. The number of halogens is 3. The van der Waals surface area contributed by atoms with E-state index in [2.05, 4.69) is 50.5 Å². The largest absolute Gasteiger partial charge is 0.497 e. The van der Waals surface area contributed by atoms with E-state index in [-0.39, 0.29) is 11.4 Å². The topological polar surface area (TPSA) is 71.3 Å². The molecular weight excluding hydrogens is 649 g/mol. The molecule has 0 aliphatic carbocycles. The van der Waals surface area contributed by atoms with Gasteiger partial charge in [0.1, 0.15) is 35.6 Å². The van der Waals surface area contributed by atoms with Crippen molar-refractivity contribution < 1.29 is 18.7 Å². The summed E-state index contributed by atoms with van der Waals surface area (Å²) in [6, 6.07) is 19.1. The number of hydrogen-bond acceptors (Lipinski definition) is 4. The third-order valence-electron chi connectivity index (χ3n) is 4.61. The van der Waals surface area contributed by atoms with Crippen LogP contribution < -0.4 is 14.8 Å². The van der Waals surface area contributed by atoms with Crippen LogP contribution >= 0.6 is 45.2 Å². The van der Waals surface area contributed by atoms with Crippen LogP contribution in [-0.4, -0.2) is 13.0 Å². The van der Waals surface area contributed by atoms with Crippen molar-refractivity contribution >= 4 is 57.2 Å². The molecule has 5 nitrogen and oxygen atoms in total. The SMILES string of the molecule is COc1ccc(CNC(=O)/C(C#N)=C\c2cc(I)c(OCc3ccc(F)cc3)c(I)c2)cc1. The minimum absolute atomic E-state index is 0.00934. The Morgan fingerprint density at radius 3 is 2.24 bits per heavy atom. The van der Waals surface area contributed by atoms with Gasteiger partial charge >= 0.3 is 0 Å². The van der Waals surface area contributed by atoms with Crippen molar-refractivity contribution in [3.05, 3.63) is 95.9 Å². The molecule has 0 saturated heterocycles. The Kier molecular flexibility index (Phi) is 9.08. The quantitative estimate of drug-likeness (QED) is 0.186. The van der Waals surface area contributed by atoms with Gasteiger partial charge in [0, 0.05) is 6.54 Å². The summed E-state index contributed by atoms with van der Waals surface area (Å²) < 4.78 is 25.8. The van der Waals surface area contributed by atoms with Crippen LogP contribution in [0.4, 0.5) is 4.39 Å². The fraction of sp³-hybridized carbons (Fsp3) is 0.120. The molecule has 3 aromatic rings. The molecule has 8 heteroatoms. The lowest BCUT2D eigenvalue weighted by Crippen LogP contribution is -2.23. The zero-order chi connectivity index (χ0) is 23.8. The van der Waals surface area contributed by atoms with Crippen molar-refractivity contribution in [2.45, 2.75) is 13.2 Å². The molecule has 0 saturated carbocycles. The van der Waals surface area contributed by atoms with Crippen LogP contribution in [0, 0.1) is 24.3 Å². The molecule has 0 aliphatic rings. The van der Waals surface area contributed by atoms with E-state index in [1.165, 1.54) is 12.1 Å². The third kappa shape index (κ3) is 7.17. The number of carbonyl (C=O) groups excluding carboxylic acids is 1. The molecule has 0 unspecified atom stereocenters. The molecule has 3 rings (SSSR count). The molecule has 3 aromatic carbocycles. The van der Waals surface area contributed by atoms with E-state index in [0.717, 1.165) is 24.0 Å². The summed E-state index contributed by atoms with van der Waals surface area (Å²) in [7, 11) is 1.59. The number of methoxy groups -OCH3 is 1. The van der Waals surface area contributed by atoms with Gasteiger partial charge in [0.05, 0.1) is 14.3 Å². The van der Waals surface area contributed by atoms with Crippen molar-refractivity contribution in [2.24, 2.45) is 0 Å². The summed E-state index contributed by atoms with van der Waals surface area (Å²) in [6.45, 7) is 0.603. The normalized spacial score (nSPS) is 10.9. The summed E-state index contributed by atoms with van der Waals surface area (Å²) >= 11 is 4.31. The monoisotopic (exact) mass is 668 g/mol. The van der Waals surface area contributed by atoms with Crippen LogP contribution in [0.15, 0.2) is 66.2 Å². The van der Waals surface area contributed by atoms with Gasteiger partial charge < -0.3 is 14.8 Å². The predicted molar refractivity (Wildman–Crippen MR) is 141 cm³/mol. The number of nitrogens with one attached hydrogen (secondary N) is 1. The minimum Gasteiger partial charge on any atom is -0.497 e. The van der Waals surface area contributed by atoms with E-state index in [0.29, 0.717) is 24.5 Å². The number of rotatable bonds is 8. The first-order valence-electron chi connectivity index (χ1n) is 9.79. The molecular formula is C25H19FI2N2O3. The van der Waals surface area contributed by atoms with Crippen molar-refractivity contribution in [1.29, 1.82) is 5.26 Å². The summed E-state index contributed by atoms with van der Waals surface area (Å²) in [5.41, 5.74) is 2.48. The second-order valence-electron chi connectivity index (χ2n) is 6.93. The molecule has 168 valence electrons. The molecule has 0 fully saturated rings. The zero-order valence-electron chi connectivity index (χ0n) is 17.6. The molecule has 0 atom stereocenters. The van der Waals surface area contributed by atoms with E-state index < -0.39 is 5.91 Å². The van der Waals surface area contributed by atoms with Crippen LogP contribution in [-0.2, 0) is 17.9 Å². The van der Waals surface area contributed by atoms with Crippen LogP contribution in [0.5, 0.6) is 11.5 Å². The summed E-state index contributed by atoms with van der Waals surface area (Å²) in [4.78, 5) is 12.5. The fourth-order valence-electron chi connectivity index (χ4n) is 2.87. The van der Waals surface area contributed by atoms with Crippen LogP contribution in [0.25, 0.3) is 6.08 Å². The van der Waals surface area contributed by atoms with Crippen LogP contribution in [0.2, 0.25) is 0 Å². The Morgan fingerprint density at radius 1 is 1.06 bits per heavy atom. The highest BCUT2D eigenvalue weighted by Crippen LogP contribution is 2.30. The minimum atomic E-state index is -0.449. The highest BCUT2D eigenvalue weighted by Gasteiger charge is 2.12. The third-order valence-corrected chi connectivity index (χ3v) is 6.21. The predicted octanol–water partition coefficient (Wildman–Crippen LogP) is 5.85. The maximum atomic E-state index is 13.1. The van der Waals surface area contributed by atoms with Crippen molar-refractivity contribution in [3.8, 4) is 17.6 Å². The maximum Gasteiger partial charge on any atom is 0.262 e. The molecule has 0 aromatic heterocycles. The first-order valence-corrected chi connectivity index (χ1v) is 11.9. The van der Waals surface area contributed by atoms with Gasteiger partial charge in [-0.1, -0.05) is 24.3 Å². The molecule has 0 radical (unpaired) electrons. The van der Waals surface area contributed by atoms with Gasteiger partial charge in [0.25, 0.3) is 5.91 Å². The highest BCUT2D eigenvalue weighted by atomic mass is 127. The second-order valence-corrected chi connectivity index (χ2v) is 9.25. The Hall–Kier alpha value is -2.65. The Balaban J connectivity index is 1.68. The van der Waals surface area contributed by atoms with E-state index >= 15 is 0 Å². The van der Waals surface area contributed by atoms with E-state index in [4.69, 9.17) is 9.47 Å². The van der Waals surface area contributed by atoms with Gasteiger partial charge in [-0.3, -0.25) is 4.79 Å². The number of carbonyl (C=O) groups is 1. The Labute approximate surface area is 218 Å². The van der Waals surface area contributed by atoms with Crippen molar-refractivity contribution in [2.75, 3.05) is 7.11 Å².